The van der Waals surface area contributed by atoms with Gasteiger partial charge in [-0.3, -0.25) is 14.4 Å². The van der Waals surface area contributed by atoms with Gasteiger partial charge in [-0.1, -0.05) is 18.2 Å². The van der Waals surface area contributed by atoms with Crippen molar-refractivity contribution in [2.75, 3.05) is 26.7 Å². The van der Waals surface area contributed by atoms with Gasteiger partial charge in [0, 0.05) is 44.3 Å². The van der Waals surface area contributed by atoms with E-state index in [0.29, 0.717) is 24.9 Å². The number of likely N-dealkylation sites (tertiary alicyclic amines) is 1. The molecule has 2 amide bonds. The summed E-state index contributed by atoms with van der Waals surface area (Å²) in [6.07, 6.45) is 3.03. The molecule has 1 unspecified atom stereocenters. The fourth-order valence-corrected chi connectivity index (χ4v) is 3.50. The van der Waals surface area contributed by atoms with Crippen LogP contribution >= 0.6 is 0 Å². The molecule has 138 valence electrons. The number of aromatic nitrogens is 1. The number of nitrogens with zero attached hydrogens (tertiary/aromatic N) is 3. The van der Waals surface area contributed by atoms with E-state index in [0.717, 1.165) is 10.9 Å². The number of carbonyl (C=O) groups excluding carboxylic acids is 2. The van der Waals surface area contributed by atoms with Gasteiger partial charge in [-0.2, -0.15) is 0 Å². The molecule has 26 heavy (non-hydrogen) atoms. The molecule has 0 bridgehead atoms. The van der Waals surface area contributed by atoms with E-state index in [1.807, 2.05) is 35.9 Å². The standard InChI is InChI=1S/C19H23N3O4/c1-20-11-15(14-7-3-4-8-16(14)20)18(24)21(2)12-17(23)22-9-5-6-13(10-22)19(25)26/h3-4,7-8,11,13H,5-6,9-10,12H2,1-2H3,(H,25,26). The zero-order chi connectivity index (χ0) is 18.8. The highest BCUT2D eigenvalue weighted by molar-refractivity contribution is 6.07. The second-order valence-corrected chi connectivity index (χ2v) is 6.85. The third kappa shape index (κ3) is 3.42. The van der Waals surface area contributed by atoms with Crippen LogP contribution in [0.3, 0.4) is 0 Å². The molecule has 1 aliphatic rings. The molecule has 0 aliphatic carbocycles. The highest BCUT2D eigenvalue weighted by Crippen LogP contribution is 2.22. The van der Waals surface area contributed by atoms with Crippen molar-refractivity contribution in [3.05, 3.63) is 36.0 Å². The second kappa shape index (κ2) is 7.19. The minimum Gasteiger partial charge on any atom is -0.481 e. The zero-order valence-corrected chi connectivity index (χ0v) is 15.0. The molecular formula is C19H23N3O4. The number of aryl methyl sites for hydroxylation is 1. The molecule has 1 aromatic heterocycles. The molecule has 1 N–H and O–H groups in total. The molecule has 7 nitrogen and oxygen atoms in total. The van der Waals surface area contributed by atoms with Gasteiger partial charge >= 0.3 is 5.97 Å². The van der Waals surface area contributed by atoms with E-state index in [1.54, 1.807) is 18.1 Å². The smallest absolute Gasteiger partial charge is 0.308 e. The van der Waals surface area contributed by atoms with Crippen LogP contribution in [0.5, 0.6) is 0 Å². The molecule has 1 aliphatic heterocycles. The number of fused-ring (bicyclic) bond motifs is 1. The Morgan fingerprint density at radius 3 is 2.73 bits per heavy atom. The maximum atomic E-state index is 12.8. The van der Waals surface area contributed by atoms with E-state index < -0.39 is 11.9 Å². The first-order valence-corrected chi connectivity index (χ1v) is 8.68. The Labute approximate surface area is 151 Å². The number of piperidine rings is 1. The number of benzene rings is 1. The summed E-state index contributed by atoms with van der Waals surface area (Å²) in [4.78, 5) is 39.4. The van der Waals surface area contributed by atoms with E-state index in [4.69, 9.17) is 5.11 Å². The number of amides is 2. The third-order valence-electron chi connectivity index (χ3n) is 4.97. The predicted molar refractivity (Wildman–Crippen MR) is 96.8 cm³/mol. The number of rotatable bonds is 4. The van der Waals surface area contributed by atoms with Gasteiger partial charge in [-0.15, -0.1) is 0 Å². The molecule has 7 heteroatoms. The average molecular weight is 357 g/mol. The summed E-state index contributed by atoms with van der Waals surface area (Å²) in [6.45, 7) is 0.692. The van der Waals surface area contributed by atoms with Crippen LogP contribution in [0.25, 0.3) is 10.9 Å². The first-order valence-electron chi connectivity index (χ1n) is 8.68. The summed E-state index contributed by atoms with van der Waals surface area (Å²) in [5, 5.41) is 10.0. The van der Waals surface area contributed by atoms with Gasteiger partial charge in [0.25, 0.3) is 5.91 Å². The number of carbonyl (C=O) groups is 3. The number of carboxylic acids is 1. The van der Waals surface area contributed by atoms with Gasteiger partial charge in [-0.25, -0.2) is 0 Å². The summed E-state index contributed by atoms with van der Waals surface area (Å²) in [7, 11) is 3.48. The summed E-state index contributed by atoms with van der Waals surface area (Å²) in [5.41, 5.74) is 1.51. The molecule has 1 saturated heterocycles. The molecule has 1 fully saturated rings. The lowest BCUT2D eigenvalue weighted by atomic mass is 9.98. The Hall–Kier alpha value is -2.83. The van der Waals surface area contributed by atoms with Crippen LogP contribution in [0.1, 0.15) is 23.2 Å². The van der Waals surface area contributed by atoms with E-state index in [-0.39, 0.29) is 24.9 Å². The van der Waals surface area contributed by atoms with Gasteiger partial charge in [0.1, 0.15) is 0 Å². The van der Waals surface area contributed by atoms with E-state index in [9.17, 15) is 14.4 Å². The van der Waals surface area contributed by atoms with Gasteiger partial charge in [0.05, 0.1) is 18.0 Å². The van der Waals surface area contributed by atoms with E-state index >= 15 is 0 Å². The van der Waals surface area contributed by atoms with Crippen molar-refractivity contribution in [3.8, 4) is 0 Å². The van der Waals surface area contributed by atoms with Crippen molar-refractivity contribution in [1.82, 2.24) is 14.4 Å². The Bertz CT molecular complexity index is 858. The van der Waals surface area contributed by atoms with Crippen LogP contribution in [-0.2, 0) is 16.6 Å². The van der Waals surface area contributed by atoms with Crippen molar-refractivity contribution in [2.24, 2.45) is 13.0 Å². The van der Waals surface area contributed by atoms with Gasteiger partial charge in [0.2, 0.25) is 5.91 Å². The Morgan fingerprint density at radius 2 is 2.00 bits per heavy atom. The average Bonchev–Trinajstić information content (AvgIpc) is 2.98. The number of likely N-dealkylation sites (N-methyl/N-ethyl adjacent to an activating group) is 1. The van der Waals surface area contributed by atoms with Crippen LogP contribution in [0.15, 0.2) is 30.5 Å². The van der Waals surface area contributed by atoms with E-state index in [2.05, 4.69) is 0 Å². The maximum Gasteiger partial charge on any atom is 0.308 e. The summed E-state index contributed by atoms with van der Waals surface area (Å²) >= 11 is 0. The monoisotopic (exact) mass is 357 g/mol. The number of aliphatic carboxylic acids is 1. The van der Waals surface area contributed by atoms with E-state index in [1.165, 1.54) is 4.90 Å². The van der Waals surface area contributed by atoms with Gasteiger partial charge in [-0.05, 0) is 18.9 Å². The highest BCUT2D eigenvalue weighted by Gasteiger charge is 2.29. The maximum absolute atomic E-state index is 12.8. The molecule has 0 saturated carbocycles. The Morgan fingerprint density at radius 1 is 1.27 bits per heavy atom. The third-order valence-corrected chi connectivity index (χ3v) is 4.97. The molecule has 0 spiro atoms. The summed E-state index contributed by atoms with van der Waals surface area (Å²) in [6, 6.07) is 7.63. The normalized spacial score (nSPS) is 17.3. The first-order chi connectivity index (χ1) is 12.4. The lowest BCUT2D eigenvalue weighted by Crippen LogP contribution is -2.46. The predicted octanol–water partition coefficient (Wildman–Crippen LogP) is 1.57. The van der Waals surface area contributed by atoms with Crippen molar-refractivity contribution in [2.45, 2.75) is 12.8 Å². The Balaban J connectivity index is 1.71. The van der Waals surface area contributed by atoms with Gasteiger partial charge < -0.3 is 19.5 Å². The minimum absolute atomic E-state index is 0.0611. The van der Waals surface area contributed by atoms with Crippen molar-refractivity contribution < 1.29 is 19.5 Å². The molecular weight excluding hydrogens is 334 g/mol. The van der Waals surface area contributed by atoms with Crippen molar-refractivity contribution in [3.63, 3.8) is 0 Å². The highest BCUT2D eigenvalue weighted by atomic mass is 16.4. The first kappa shape index (κ1) is 18.0. The summed E-state index contributed by atoms with van der Waals surface area (Å²) in [5.74, 6) is -1.83. The molecule has 3 rings (SSSR count). The molecule has 2 aromatic rings. The quantitative estimate of drug-likeness (QED) is 0.900. The zero-order valence-electron chi connectivity index (χ0n) is 15.0. The molecule has 2 heterocycles. The fraction of sp³-hybridized carbons (Fsp3) is 0.421. The largest absolute Gasteiger partial charge is 0.481 e. The van der Waals surface area contributed by atoms with Crippen LogP contribution in [-0.4, -0.2) is 63.9 Å². The second-order valence-electron chi connectivity index (χ2n) is 6.85. The number of hydrogen-bond acceptors (Lipinski definition) is 3. The lowest BCUT2D eigenvalue weighted by Gasteiger charge is -2.32. The topological polar surface area (TPSA) is 82.9 Å². The Kier molecular flexibility index (Phi) is 4.97. The number of para-hydroxylation sites is 1. The summed E-state index contributed by atoms with van der Waals surface area (Å²) < 4.78 is 1.89. The van der Waals surface area contributed by atoms with Crippen LogP contribution in [0.2, 0.25) is 0 Å². The fourth-order valence-electron chi connectivity index (χ4n) is 3.50. The van der Waals surface area contributed by atoms with Crippen molar-refractivity contribution >= 4 is 28.7 Å². The molecule has 1 aromatic carbocycles. The van der Waals surface area contributed by atoms with Crippen molar-refractivity contribution in [1.29, 1.82) is 0 Å². The van der Waals surface area contributed by atoms with Crippen LogP contribution in [0, 0.1) is 5.92 Å². The van der Waals surface area contributed by atoms with Crippen LogP contribution < -0.4 is 0 Å². The van der Waals surface area contributed by atoms with Gasteiger partial charge in [0.15, 0.2) is 0 Å². The number of hydrogen-bond donors (Lipinski definition) is 1. The lowest BCUT2D eigenvalue weighted by molar-refractivity contribution is -0.145. The number of carboxylic acid groups (broad SMARTS) is 1. The minimum atomic E-state index is -0.873. The SMILES string of the molecule is CN(CC(=O)N1CCCC(C(=O)O)C1)C(=O)c1cn(C)c2ccccc12. The molecule has 0 radical (unpaired) electrons. The molecule has 1 atom stereocenters. The van der Waals surface area contributed by atoms with Crippen LogP contribution in [0.4, 0.5) is 0 Å².